The highest BCUT2D eigenvalue weighted by atomic mass is 19.1. The van der Waals surface area contributed by atoms with Crippen LogP contribution >= 0.6 is 0 Å². The third kappa shape index (κ3) is 2.62. The van der Waals surface area contributed by atoms with Gasteiger partial charge in [-0.15, -0.1) is 0 Å². The van der Waals surface area contributed by atoms with Crippen LogP contribution in [0.15, 0.2) is 52.3 Å². The van der Waals surface area contributed by atoms with Gasteiger partial charge in [0.2, 0.25) is 5.89 Å². The molecule has 2 aliphatic rings. The first-order valence-corrected chi connectivity index (χ1v) is 9.74. The Morgan fingerprint density at radius 1 is 1.27 bits per heavy atom. The summed E-state index contributed by atoms with van der Waals surface area (Å²) >= 11 is 0. The summed E-state index contributed by atoms with van der Waals surface area (Å²) in [5.74, 6) is 1.80. The van der Waals surface area contributed by atoms with Gasteiger partial charge in [0, 0.05) is 13.0 Å². The molecule has 9 heteroatoms. The molecule has 0 spiro atoms. The van der Waals surface area contributed by atoms with Crippen LogP contribution in [0.25, 0.3) is 16.7 Å². The van der Waals surface area contributed by atoms with Crippen molar-refractivity contribution >= 4 is 16.7 Å². The van der Waals surface area contributed by atoms with E-state index in [1.807, 2.05) is 6.07 Å². The molecule has 2 aliphatic carbocycles. The highest BCUT2D eigenvalue weighted by Crippen LogP contribution is 2.62. The number of benzene rings is 1. The monoisotopic (exact) mass is 404 g/mol. The molecule has 1 fully saturated rings. The number of imidazole rings is 1. The Kier molecular flexibility index (Phi) is 3.56. The molecule has 0 aliphatic heterocycles. The summed E-state index contributed by atoms with van der Waals surface area (Å²) in [6, 6.07) is 6.70. The lowest BCUT2D eigenvalue weighted by Crippen LogP contribution is -2.22. The molecule has 30 heavy (non-hydrogen) atoms. The number of aryl methyl sites for hydroxylation is 1. The molecule has 0 radical (unpaired) electrons. The molecule has 150 valence electrons. The number of hydrogen-bond acceptors (Lipinski definition) is 6. The molecule has 3 heterocycles. The summed E-state index contributed by atoms with van der Waals surface area (Å²) in [7, 11) is 1.75. The molecular weight excluding hydrogens is 387 g/mol. The Hall–Kier alpha value is -3.62. The van der Waals surface area contributed by atoms with Crippen LogP contribution in [0.4, 0.5) is 4.39 Å². The van der Waals surface area contributed by atoms with E-state index >= 15 is 0 Å². The molecule has 1 saturated carbocycles. The van der Waals surface area contributed by atoms with Crippen LogP contribution in [-0.2, 0) is 13.6 Å². The second-order valence-electron chi connectivity index (χ2n) is 7.92. The van der Waals surface area contributed by atoms with E-state index in [-0.39, 0.29) is 23.8 Å². The molecule has 0 N–H and O–H groups in total. The van der Waals surface area contributed by atoms with Crippen LogP contribution in [0, 0.1) is 17.7 Å². The average Bonchev–Trinajstić information content (AvgIpc) is 3.16. The van der Waals surface area contributed by atoms with E-state index < -0.39 is 0 Å². The van der Waals surface area contributed by atoms with Gasteiger partial charge in [-0.25, -0.2) is 14.4 Å². The fourth-order valence-electron chi connectivity index (χ4n) is 4.51. The number of halogens is 1. The minimum Gasteiger partial charge on any atom is -0.337 e. The van der Waals surface area contributed by atoms with Gasteiger partial charge in [-0.05, 0) is 41.5 Å². The van der Waals surface area contributed by atoms with Gasteiger partial charge in [0.15, 0.2) is 17.0 Å². The van der Waals surface area contributed by atoms with E-state index in [2.05, 4.69) is 26.2 Å². The van der Waals surface area contributed by atoms with Crippen LogP contribution < -0.4 is 5.56 Å². The largest absolute Gasteiger partial charge is 0.337 e. The minimum atomic E-state index is -0.220. The highest BCUT2D eigenvalue weighted by Gasteiger charge is 2.55. The van der Waals surface area contributed by atoms with Crippen LogP contribution in [0.1, 0.15) is 29.6 Å². The SMILES string of the molecule is Cn1cnc2ncn(Cc3nc(C4C5C=C(c6cccc(F)c6)CC54)no3)c(=O)c21. The number of aromatic nitrogens is 6. The molecule has 3 aromatic heterocycles. The zero-order chi connectivity index (χ0) is 20.4. The van der Waals surface area contributed by atoms with E-state index in [1.165, 1.54) is 22.5 Å². The highest BCUT2D eigenvalue weighted by molar-refractivity contribution is 5.71. The fourth-order valence-corrected chi connectivity index (χ4v) is 4.51. The van der Waals surface area contributed by atoms with Crippen molar-refractivity contribution in [2.75, 3.05) is 0 Å². The number of fused-ring (bicyclic) bond motifs is 2. The van der Waals surface area contributed by atoms with Gasteiger partial charge in [0.05, 0.1) is 6.33 Å². The zero-order valence-electron chi connectivity index (χ0n) is 16.1. The van der Waals surface area contributed by atoms with Gasteiger partial charge in [0.25, 0.3) is 5.56 Å². The quantitative estimate of drug-likeness (QED) is 0.519. The summed E-state index contributed by atoms with van der Waals surface area (Å²) in [5.41, 5.74) is 2.75. The maximum atomic E-state index is 13.5. The van der Waals surface area contributed by atoms with Crippen molar-refractivity contribution in [2.24, 2.45) is 18.9 Å². The molecule has 4 aromatic rings. The average molecular weight is 404 g/mol. The zero-order valence-corrected chi connectivity index (χ0v) is 16.1. The lowest BCUT2D eigenvalue weighted by Gasteiger charge is -2.05. The Bertz CT molecular complexity index is 1380. The van der Waals surface area contributed by atoms with Crippen molar-refractivity contribution in [3.05, 3.63) is 76.4 Å². The third-order valence-electron chi connectivity index (χ3n) is 6.06. The molecule has 6 rings (SSSR count). The van der Waals surface area contributed by atoms with E-state index in [9.17, 15) is 9.18 Å². The predicted molar refractivity (Wildman–Crippen MR) is 105 cm³/mol. The summed E-state index contributed by atoms with van der Waals surface area (Å²) in [6.45, 7) is 0.159. The van der Waals surface area contributed by atoms with Crippen molar-refractivity contribution in [1.29, 1.82) is 0 Å². The number of hydrogen-bond donors (Lipinski definition) is 0. The number of allylic oxidation sites excluding steroid dienone is 2. The lowest BCUT2D eigenvalue weighted by atomic mass is 10.0. The van der Waals surface area contributed by atoms with Crippen LogP contribution in [0.5, 0.6) is 0 Å². The van der Waals surface area contributed by atoms with Crippen molar-refractivity contribution < 1.29 is 8.91 Å². The first-order chi connectivity index (χ1) is 14.6. The van der Waals surface area contributed by atoms with E-state index in [1.54, 1.807) is 30.1 Å². The van der Waals surface area contributed by atoms with Crippen molar-refractivity contribution in [2.45, 2.75) is 18.9 Å². The van der Waals surface area contributed by atoms with Gasteiger partial charge in [0.1, 0.15) is 18.7 Å². The molecule has 1 aromatic carbocycles. The maximum absolute atomic E-state index is 13.5. The van der Waals surface area contributed by atoms with E-state index in [0.717, 1.165) is 12.0 Å². The minimum absolute atomic E-state index is 0.159. The number of nitrogens with zero attached hydrogens (tertiary/aromatic N) is 6. The maximum Gasteiger partial charge on any atom is 0.280 e. The summed E-state index contributed by atoms with van der Waals surface area (Å²) < 4.78 is 22.0. The second kappa shape index (κ2) is 6.19. The summed E-state index contributed by atoms with van der Waals surface area (Å²) in [4.78, 5) is 25.5. The van der Waals surface area contributed by atoms with Crippen LogP contribution in [0.2, 0.25) is 0 Å². The normalized spacial score (nSPS) is 22.3. The first kappa shape index (κ1) is 17.3. The second-order valence-corrected chi connectivity index (χ2v) is 7.92. The third-order valence-corrected chi connectivity index (χ3v) is 6.06. The van der Waals surface area contributed by atoms with Gasteiger partial charge in [-0.1, -0.05) is 23.4 Å². The molecule has 0 bridgehead atoms. The molecule has 8 nitrogen and oxygen atoms in total. The predicted octanol–water partition coefficient (Wildman–Crippen LogP) is 2.52. The lowest BCUT2D eigenvalue weighted by molar-refractivity contribution is 0.364. The summed E-state index contributed by atoms with van der Waals surface area (Å²) in [5, 5.41) is 4.14. The Balaban J connectivity index is 1.21. The molecule has 3 atom stereocenters. The Morgan fingerprint density at radius 2 is 2.13 bits per heavy atom. The van der Waals surface area contributed by atoms with Gasteiger partial charge < -0.3 is 9.09 Å². The summed E-state index contributed by atoms with van der Waals surface area (Å²) in [6.07, 6.45) is 6.08. The molecule has 0 amide bonds. The Morgan fingerprint density at radius 3 is 2.93 bits per heavy atom. The van der Waals surface area contributed by atoms with Crippen molar-refractivity contribution in [1.82, 2.24) is 29.2 Å². The smallest absolute Gasteiger partial charge is 0.280 e. The Labute approximate surface area is 169 Å². The molecule has 3 unspecified atom stereocenters. The van der Waals surface area contributed by atoms with Crippen molar-refractivity contribution in [3.63, 3.8) is 0 Å². The van der Waals surface area contributed by atoms with Gasteiger partial charge in [-0.3, -0.25) is 9.36 Å². The van der Waals surface area contributed by atoms with E-state index in [0.29, 0.717) is 34.7 Å². The van der Waals surface area contributed by atoms with Gasteiger partial charge in [-0.2, -0.15) is 4.98 Å². The van der Waals surface area contributed by atoms with Crippen LogP contribution in [-0.4, -0.2) is 29.2 Å². The number of rotatable bonds is 4. The topological polar surface area (TPSA) is 91.6 Å². The van der Waals surface area contributed by atoms with Gasteiger partial charge >= 0.3 is 0 Å². The fraction of sp³-hybridized carbons (Fsp3) is 0.286. The standard InChI is InChI=1S/C21H17FN6O2/c1-27-9-23-20-18(27)21(29)28(10-24-20)8-16-25-19(26-30-16)17-14-6-12(7-15(14)17)11-3-2-4-13(22)5-11/h2-6,9-10,14-15,17H,7-8H2,1H3. The van der Waals surface area contributed by atoms with Crippen molar-refractivity contribution in [3.8, 4) is 0 Å². The molecular formula is C21H17FN6O2. The first-order valence-electron chi connectivity index (χ1n) is 9.74. The van der Waals surface area contributed by atoms with E-state index in [4.69, 9.17) is 4.52 Å². The van der Waals surface area contributed by atoms with Crippen LogP contribution in [0.3, 0.4) is 0 Å². The molecule has 0 saturated heterocycles.